The maximum atomic E-state index is 12.3. The third-order valence-corrected chi connectivity index (χ3v) is 4.43. The van der Waals surface area contributed by atoms with Crippen molar-refractivity contribution in [2.24, 2.45) is 5.73 Å². The molecular weight excluding hydrogens is 396 g/mol. The summed E-state index contributed by atoms with van der Waals surface area (Å²) >= 11 is 0. The van der Waals surface area contributed by atoms with Gasteiger partial charge >= 0.3 is 5.97 Å². The molecule has 31 heavy (non-hydrogen) atoms. The number of amides is 2. The van der Waals surface area contributed by atoms with E-state index < -0.39 is 23.9 Å². The molecule has 7 heteroatoms. The van der Waals surface area contributed by atoms with Gasteiger partial charge in [-0.3, -0.25) is 9.59 Å². The standard InChI is InChI=1S/C24H22N2O5/c1-16(23(28)26-20-13-11-18(12-14-20)22(25)27)31-24(29)19-9-7-17(8-10-19)15-30-21-5-3-2-4-6-21/h2-14,16H,15H2,1H3,(H2,25,27)(H,26,28)/t16-/m0/s1. The maximum absolute atomic E-state index is 12.3. The Morgan fingerprint density at radius 1 is 0.871 bits per heavy atom. The average Bonchev–Trinajstić information content (AvgIpc) is 2.79. The van der Waals surface area contributed by atoms with E-state index in [1.54, 1.807) is 36.4 Å². The van der Waals surface area contributed by atoms with E-state index in [1.807, 2.05) is 30.3 Å². The normalized spacial score (nSPS) is 11.3. The fourth-order valence-electron chi connectivity index (χ4n) is 2.66. The van der Waals surface area contributed by atoms with E-state index >= 15 is 0 Å². The van der Waals surface area contributed by atoms with E-state index in [0.717, 1.165) is 11.3 Å². The zero-order valence-corrected chi connectivity index (χ0v) is 16.9. The number of primary amides is 1. The number of ether oxygens (including phenoxy) is 2. The van der Waals surface area contributed by atoms with Crippen LogP contribution in [0.5, 0.6) is 5.75 Å². The van der Waals surface area contributed by atoms with Crippen LogP contribution in [0.1, 0.15) is 33.2 Å². The van der Waals surface area contributed by atoms with Gasteiger partial charge in [0.1, 0.15) is 12.4 Å². The number of esters is 1. The largest absolute Gasteiger partial charge is 0.489 e. The highest BCUT2D eigenvalue weighted by molar-refractivity contribution is 5.98. The van der Waals surface area contributed by atoms with Gasteiger partial charge in [0.2, 0.25) is 5.91 Å². The van der Waals surface area contributed by atoms with Gasteiger partial charge in [-0.05, 0) is 61.0 Å². The van der Waals surface area contributed by atoms with Gasteiger partial charge in [0.15, 0.2) is 6.10 Å². The second-order valence-corrected chi connectivity index (χ2v) is 6.78. The first-order valence-corrected chi connectivity index (χ1v) is 9.61. The second-order valence-electron chi connectivity index (χ2n) is 6.78. The molecule has 1 atom stereocenters. The van der Waals surface area contributed by atoms with Crippen LogP contribution < -0.4 is 15.8 Å². The fraction of sp³-hybridized carbons (Fsp3) is 0.125. The zero-order valence-electron chi connectivity index (χ0n) is 16.9. The second kappa shape index (κ2) is 10.1. The van der Waals surface area contributed by atoms with Crippen molar-refractivity contribution in [3.05, 3.63) is 95.6 Å². The molecule has 0 aliphatic carbocycles. The first kappa shape index (κ1) is 21.6. The average molecular weight is 418 g/mol. The predicted octanol–water partition coefficient (Wildman–Crippen LogP) is 3.55. The summed E-state index contributed by atoms with van der Waals surface area (Å²) in [7, 11) is 0. The smallest absolute Gasteiger partial charge is 0.338 e. The minimum absolute atomic E-state index is 0.328. The molecule has 3 N–H and O–H groups in total. The molecule has 0 radical (unpaired) electrons. The van der Waals surface area contributed by atoms with Gasteiger partial charge in [0, 0.05) is 11.3 Å². The molecule has 158 valence electrons. The monoisotopic (exact) mass is 418 g/mol. The summed E-state index contributed by atoms with van der Waals surface area (Å²) in [6.45, 7) is 1.85. The minimum atomic E-state index is -1.01. The molecule has 2 amide bonds. The summed E-state index contributed by atoms with van der Waals surface area (Å²) in [4.78, 5) is 35.7. The lowest BCUT2D eigenvalue weighted by Crippen LogP contribution is -2.30. The number of hydrogen-bond donors (Lipinski definition) is 2. The third kappa shape index (κ3) is 6.17. The van der Waals surface area contributed by atoms with Crippen LogP contribution in [0.4, 0.5) is 5.69 Å². The van der Waals surface area contributed by atoms with Crippen molar-refractivity contribution in [1.29, 1.82) is 0 Å². The molecule has 3 aromatic rings. The number of nitrogens with one attached hydrogen (secondary N) is 1. The number of carbonyl (C=O) groups is 3. The molecule has 0 unspecified atom stereocenters. The molecule has 0 saturated heterocycles. The highest BCUT2D eigenvalue weighted by atomic mass is 16.5. The maximum Gasteiger partial charge on any atom is 0.338 e. The van der Waals surface area contributed by atoms with Gasteiger partial charge in [-0.2, -0.15) is 0 Å². The molecule has 3 rings (SSSR count). The molecule has 7 nitrogen and oxygen atoms in total. The molecule has 0 saturated carbocycles. The van der Waals surface area contributed by atoms with Gasteiger partial charge in [-0.25, -0.2) is 4.79 Å². The zero-order chi connectivity index (χ0) is 22.2. The first-order chi connectivity index (χ1) is 14.9. The summed E-state index contributed by atoms with van der Waals surface area (Å²) in [5.74, 6) is -0.900. The molecule has 0 heterocycles. The summed E-state index contributed by atoms with van der Waals surface area (Å²) in [5, 5.41) is 2.62. The highest BCUT2D eigenvalue weighted by Crippen LogP contribution is 2.14. The van der Waals surface area contributed by atoms with E-state index in [0.29, 0.717) is 23.4 Å². The lowest BCUT2D eigenvalue weighted by Gasteiger charge is -2.14. The molecular formula is C24H22N2O5. The predicted molar refractivity (Wildman–Crippen MR) is 116 cm³/mol. The Kier molecular flexibility index (Phi) is 7.01. The molecule has 0 spiro atoms. The van der Waals surface area contributed by atoms with E-state index in [9.17, 15) is 14.4 Å². The SMILES string of the molecule is C[C@H](OC(=O)c1ccc(COc2ccccc2)cc1)C(=O)Nc1ccc(C(N)=O)cc1. The van der Waals surface area contributed by atoms with Crippen LogP contribution in [0.15, 0.2) is 78.9 Å². The van der Waals surface area contributed by atoms with Crippen molar-refractivity contribution < 1.29 is 23.9 Å². The molecule has 0 aliphatic rings. The molecule has 0 bridgehead atoms. The summed E-state index contributed by atoms with van der Waals surface area (Å²) < 4.78 is 10.9. The summed E-state index contributed by atoms with van der Waals surface area (Å²) in [6.07, 6.45) is -1.01. The van der Waals surface area contributed by atoms with Gasteiger partial charge in [0.25, 0.3) is 5.91 Å². The molecule has 0 fully saturated rings. The van der Waals surface area contributed by atoms with Crippen molar-refractivity contribution in [2.45, 2.75) is 19.6 Å². The van der Waals surface area contributed by atoms with Crippen molar-refractivity contribution in [1.82, 2.24) is 0 Å². The Morgan fingerprint density at radius 2 is 1.48 bits per heavy atom. The third-order valence-electron chi connectivity index (χ3n) is 4.43. The number of carbonyl (C=O) groups excluding carboxylic acids is 3. The Morgan fingerprint density at radius 3 is 2.10 bits per heavy atom. The van der Waals surface area contributed by atoms with Crippen LogP contribution in [0.2, 0.25) is 0 Å². The number of nitrogens with two attached hydrogens (primary N) is 1. The Hall–Kier alpha value is -4.13. The minimum Gasteiger partial charge on any atom is -0.489 e. The Bertz CT molecular complexity index is 1050. The number of benzene rings is 3. The van der Waals surface area contributed by atoms with Crippen LogP contribution in [0.25, 0.3) is 0 Å². The quantitative estimate of drug-likeness (QED) is 0.544. The topological polar surface area (TPSA) is 108 Å². The van der Waals surface area contributed by atoms with Crippen molar-refractivity contribution in [2.75, 3.05) is 5.32 Å². The summed E-state index contributed by atoms with van der Waals surface area (Å²) in [6, 6.07) is 22.3. The van der Waals surface area contributed by atoms with Gasteiger partial charge < -0.3 is 20.5 Å². The van der Waals surface area contributed by atoms with Gasteiger partial charge in [-0.15, -0.1) is 0 Å². The Labute approximate surface area is 179 Å². The number of rotatable bonds is 8. The van der Waals surface area contributed by atoms with E-state index in [-0.39, 0.29) is 0 Å². The first-order valence-electron chi connectivity index (χ1n) is 9.61. The van der Waals surface area contributed by atoms with E-state index in [2.05, 4.69) is 5.32 Å². The van der Waals surface area contributed by atoms with Crippen LogP contribution in [-0.4, -0.2) is 23.9 Å². The molecule has 0 aliphatic heterocycles. The van der Waals surface area contributed by atoms with Crippen LogP contribution in [0, 0.1) is 0 Å². The number of hydrogen-bond acceptors (Lipinski definition) is 5. The molecule has 0 aromatic heterocycles. The van der Waals surface area contributed by atoms with Crippen LogP contribution >= 0.6 is 0 Å². The number of anilines is 1. The highest BCUT2D eigenvalue weighted by Gasteiger charge is 2.19. The van der Waals surface area contributed by atoms with Crippen LogP contribution in [0.3, 0.4) is 0 Å². The van der Waals surface area contributed by atoms with Crippen molar-refractivity contribution >= 4 is 23.5 Å². The lowest BCUT2D eigenvalue weighted by atomic mass is 10.1. The summed E-state index contributed by atoms with van der Waals surface area (Å²) in [5.41, 5.74) is 7.19. The Balaban J connectivity index is 1.51. The molecule has 3 aromatic carbocycles. The van der Waals surface area contributed by atoms with Crippen molar-refractivity contribution in [3.8, 4) is 5.75 Å². The van der Waals surface area contributed by atoms with Crippen molar-refractivity contribution in [3.63, 3.8) is 0 Å². The number of para-hydroxylation sites is 1. The lowest BCUT2D eigenvalue weighted by molar-refractivity contribution is -0.123. The van der Waals surface area contributed by atoms with Crippen LogP contribution in [-0.2, 0) is 16.1 Å². The van der Waals surface area contributed by atoms with E-state index in [1.165, 1.54) is 19.1 Å². The van der Waals surface area contributed by atoms with E-state index in [4.69, 9.17) is 15.2 Å². The van der Waals surface area contributed by atoms with Gasteiger partial charge in [-0.1, -0.05) is 30.3 Å². The van der Waals surface area contributed by atoms with Gasteiger partial charge in [0.05, 0.1) is 5.56 Å². The fourth-order valence-corrected chi connectivity index (χ4v) is 2.66.